The molecule has 2 aromatic carbocycles. The first-order valence-corrected chi connectivity index (χ1v) is 8.17. The first-order valence-electron chi connectivity index (χ1n) is 7.37. The minimum Gasteiger partial charge on any atom is -0.497 e. The second-order valence-electron chi connectivity index (χ2n) is 5.56. The van der Waals surface area contributed by atoms with Crippen molar-refractivity contribution in [3.63, 3.8) is 0 Å². The highest BCUT2D eigenvalue weighted by molar-refractivity contribution is 9.10. The Morgan fingerprint density at radius 3 is 2.29 bits per heavy atom. The molecule has 0 aliphatic carbocycles. The first kappa shape index (κ1) is 16.5. The number of hydrogen-bond donors (Lipinski definition) is 1. The lowest BCUT2D eigenvalue weighted by atomic mass is 10.1. The molecular weight excluding hydrogens is 372 g/mol. The van der Waals surface area contributed by atoms with E-state index in [0.29, 0.717) is 28.2 Å². The van der Waals surface area contributed by atoms with E-state index in [4.69, 9.17) is 9.47 Å². The predicted octanol–water partition coefficient (Wildman–Crippen LogP) is 3.99. The average Bonchev–Trinajstić information content (AvgIpc) is 2.57. The van der Waals surface area contributed by atoms with Gasteiger partial charge in [0.2, 0.25) is 0 Å². The summed E-state index contributed by atoms with van der Waals surface area (Å²) in [5, 5.41) is 0.410. The third-order valence-corrected chi connectivity index (χ3v) is 5.16. The zero-order chi connectivity index (χ0) is 17.4. The summed E-state index contributed by atoms with van der Waals surface area (Å²) in [7, 11) is 3.08. The number of methoxy groups -OCH3 is 2. The SMILES string of the molecule is COc1cc(OC)c2c(=O)[nH]c(-c3cc(C)c(Br)c(C)c3)nc2c1. The molecule has 0 atom stereocenters. The molecule has 0 saturated carbocycles. The Balaban J connectivity index is 2.30. The van der Waals surface area contributed by atoms with Gasteiger partial charge >= 0.3 is 0 Å². The summed E-state index contributed by atoms with van der Waals surface area (Å²) < 4.78 is 11.6. The van der Waals surface area contributed by atoms with Crippen molar-refractivity contribution in [2.45, 2.75) is 13.8 Å². The molecule has 3 aromatic rings. The maximum atomic E-state index is 12.6. The summed E-state index contributed by atoms with van der Waals surface area (Å²) in [6.07, 6.45) is 0. The number of halogens is 1. The Kier molecular flexibility index (Phi) is 4.32. The molecule has 0 amide bonds. The normalized spacial score (nSPS) is 10.9. The van der Waals surface area contributed by atoms with Gasteiger partial charge in [-0.15, -0.1) is 0 Å². The third kappa shape index (κ3) is 2.78. The highest BCUT2D eigenvalue weighted by atomic mass is 79.9. The molecule has 1 N–H and O–H groups in total. The molecule has 1 heterocycles. The van der Waals surface area contributed by atoms with Crippen LogP contribution in [0.1, 0.15) is 11.1 Å². The topological polar surface area (TPSA) is 64.2 Å². The highest BCUT2D eigenvalue weighted by Gasteiger charge is 2.14. The van der Waals surface area contributed by atoms with Crippen LogP contribution in [0, 0.1) is 13.8 Å². The molecule has 0 bridgehead atoms. The molecule has 0 fully saturated rings. The van der Waals surface area contributed by atoms with Crippen molar-refractivity contribution in [2.24, 2.45) is 0 Å². The molecule has 0 radical (unpaired) electrons. The molecule has 24 heavy (non-hydrogen) atoms. The van der Waals surface area contributed by atoms with Gasteiger partial charge in [0.05, 0.1) is 19.7 Å². The van der Waals surface area contributed by atoms with Crippen LogP contribution in [0.4, 0.5) is 0 Å². The van der Waals surface area contributed by atoms with Crippen molar-refractivity contribution in [3.05, 3.63) is 50.2 Å². The maximum absolute atomic E-state index is 12.6. The summed E-state index contributed by atoms with van der Waals surface area (Å²) in [6.45, 7) is 4.01. The smallest absolute Gasteiger partial charge is 0.262 e. The van der Waals surface area contributed by atoms with Gasteiger partial charge in [0, 0.05) is 22.2 Å². The molecule has 0 unspecified atom stereocenters. The van der Waals surface area contributed by atoms with E-state index in [1.165, 1.54) is 7.11 Å². The van der Waals surface area contributed by atoms with Crippen molar-refractivity contribution >= 4 is 26.8 Å². The summed E-state index contributed by atoms with van der Waals surface area (Å²) in [6, 6.07) is 7.37. The summed E-state index contributed by atoms with van der Waals surface area (Å²) in [5.74, 6) is 1.54. The van der Waals surface area contributed by atoms with Gasteiger partial charge in [0.25, 0.3) is 5.56 Å². The summed E-state index contributed by atoms with van der Waals surface area (Å²) >= 11 is 3.55. The second-order valence-corrected chi connectivity index (χ2v) is 6.36. The number of fused-ring (bicyclic) bond motifs is 1. The van der Waals surface area contributed by atoms with Crippen molar-refractivity contribution in [3.8, 4) is 22.9 Å². The van der Waals surface area contributed by atoms with E-state index in [9.17, 15) is 4.79 Å². The monoisotopic (exact) mass is 388 g/mol. The lowest BCUT2D eigenvalue weighted by molar-refractivity contribution is 0.397. The van der Waals surface area contributed by atoms with Crippen LogP contribution >= 0.6 is 15.9 Å². The average molecular weight is 389 g/mol. The fourth-order valence-electron chi connectivity index (χ4n) is 2.71. The van der Waals surface area contributed by atoms with Crippen LogP contribution in [-0.4, -0.2) is 24.2 Å². The second kappa shape index (κ2) is 6.28. The molecule has 5 nitrogen and oxygen atoms in total. The Morgan fingerprint density at radius 1 is 1.04 bits per heavy atom. The van der Waals surface area contributed by atoms with Crippen molar-refractivity contribution < 1.29 is 9.47 Å². The molecule has 0 aliphatic rings. The van der Waals surface area contributed by atoms with Gasteiger partial charge in [-0.05, 0) is 37.1 Å². The molecule has 3 rings (SSSR count). The maximum Gasteiger partial charge on any atom is 0.262 e. The van der Waals surface area contributed by atoms with Gasteiger partial charge in [0.15, 0.2) is 0 Å². The molecule has 6 heteroatoms. The molecular formula is C18H17BrN2O3. The fraction of sp³-hybridized carbons (Fsp3) is 0.222. The number of ether oxygens (including phenoxy) is 2. The Bertz CT molecular complexity index is 972. The standard InChI is InChI=1S/C18H17BrN2O3/c1-9-5-11(6-10(2)16(9)19)17-20-13-7-12(23-3)8-14(24-4)15(13)18(22)21-17/h5-8H,1-4H3,(H,20,21,22). The van der Waals surface area contributed by atoms with Crippen molar-refractivity contribution in [2.75, 3.05) is 14.2 Å². The van der Waals surface area contributed by atoms with Crippen LogP contribution < -0.4 is 15.0 Å². The molecule has 1 aromatic heterocycles. The van der Waals surface area contributed by atoms with Crippen LogP contribution in [0.25, 0.3) is 22.3 Å². The van der Waals surface area contributed by atoms with Crippen LogP contribution in [0.5, 0.6) is 11.5 Å². The Labute approximate surface area is 147 Å². The van der Waals surface area contributed by atoms with Gasteiger partial charge in [-0.1, -0.05) is 15.9 Å². The first-order chi connectivity index (χ1) is 11.4. The number of aromatic amines is 1. The number of aromatic nitrogens is 2. The van der Waals surface area contributed by atoms with Gasteiger partial charge in [-0.2, -0.15) is 0 Å². The van der Waals surface area contributed by atoms with Crippen molar-refractivity contribution in [1.82, 2.24) is 9.97 Å². The van der Waals surface area contributed by atoms with Crippen LogP contribution in [0.15, 0.2) is 33.5 Å². The predicted molar refractivity (Wildman–Crippen MR) is 98.1 cm³/mol. The molecule has 124 valence electrons. The number of benzene rings is 2. The zero-order valence-electron chi connectivity index (χ0n) is 13.9. The minimum absolute atomic E-state index is 0.243. The minimum atomic E-state index is -0.243. The fourth-order valence-corrected chi connectivity index (χ4v) is 2.94. The lowest BCUT2D eigenvalue weighted by Gasteiger charge is -2.11. The van der Waals surface area contributed by atoms with E-state index in [2.05, 4.69) is 25.9 Å². The molecule has 0 saturated heterocycles. The Morgan fingerprint density at radius 2 is 1.71 bits per heavy atom. The number of H-pyrrole nitrogens is 1. The number of aryl methyl sites for hydroxylation is 2. The highest BCUT2D eigenvalue weighted by Crippen LogP contribution is 2.30. The third-order valence-electron chi connectivity index (χ3n) is 3.91. The van der Waals surface area contributed by atoms with E-state index >= 15 is 0 Å². The molecule has 0 aliphatic heterocycles. The van der Waals surface area contributed by atoms with Gasteiger partial charge in [0.1, 0.15) is 22.7 Å². The number of nitrogens with one attached hydrogen (secondary N) is 1. The Hall–Kier alpha value is -2.34. The van der Waals surface area contributed by atoms with Gasteiger partial charge < -0.3 is 14.5 Å². The number of nitrogens with zero attached hydrogens (tertiary/aromatic N) is 1. The van der Waals surface area contributed by atoms with E-state index in [1.54, 1.807) is 19.2 Å². The number of hydrogen-bond acceptors (Lipinski definition) is 4. The number of rotatable bonds is 3. The van der Waals surface area contributed by atoms with Crippen LogP contribution in [-0.2, 0) is 0 Å². The van der Waals surface area contributed by atoms with Crippen LogP contribution in [0.3, 0.4) is 0 Å². The summed E-state index contributed by atoms with van der Waals surface area (Å²) in [5.41, 5.74) is 3.30. The quantitative estimate of drug-likeness (QED) is 0.736. The van der Waals surface area contributed by atoms with E-state index in [0.717, 1.165) is 21.2 Å². The lowest BCUT2D eigenvalue weighted by Crippen LogP contribution is -2.11. The summed E-state index contributed by atoms with van der Waals surface area (Å²) in [4.78, 5) is 20.0. The molecule has 0 spiro atoms. The van der Waals surface area contributed by atoms with Crippen LogP contribution in [0.2, 0.25) is 0 Å². The zero-order valence-corrected chi connectivity index (χ0v) is 15.4. The largest absolute Gasteiger partial charge is 0.497 e. The van der Waals surface area contributed by atoms with Crippen molar-refractivity contribution in [1.29, 1.82) is 0 Å². The van der Waals surface area contributed by atoms with E-state index in [1.807, 2.05) is 26.0 Å². The van der Waals surface area contributed by atoms with Gasteiger partial charge in [-0.3, -0.25) is 4.79 Å². The van der Waals surface area contributed by atoms with Gasteiger partial charge in [-0.25, -0.2) is 4.98 Å². The van der Waals surface area contributed by atoms with E-state index < -0.39 is 0 Å². The van der Waals surface area contributed by atoms with E-state index in [-0.39, 0.29) is 5.56 Å².